The molecule has 0 radical (unpaired) electrons. The van der Waals surface area contributed by atoms with Crippen LogP contribution in [-0.4, -0.2) is 43.7 Å². The third kappa shape index (κ3) is 3.95. The number of hydrogen-bond acceptors (Lipinski definition) is 6. The number of carbonyl (C=O) groups is 2. The molecule has 3 heterocycles. The quantitative estimate of drug-likeness (QED) is 0.657. The Kier molecular flexibility index (Phi) is 5.34. The predicted octanol–water partition coefficient (Wildman–Crippen LogP) is 3.59. The van der Waals surface area contributed by atoms with Gasteiger partial charge in [0, 0.05) is 47.8 Å². The number of ether oxygens (including phenoxy) is 3. The van der Waals surface area contributed by atoms with E-state index in [1.54, 1.807) is 31.6 Å². The van der Waals surface area contributed by atoms with Crippen LogP contribution in [0.25, 0.3) is 11.0 Å². The van der Waals surface area contributed by atoms with E-state index in [1.807, 2.05) is 23.1 Å². The molecule has 5 rings (SSSR count). The Morgan fingerprint density at radius 1 is 1.09 bits per heavy atom. The van der Waals surface area contributed by atoms with Crippen LogP contribution in [0, 0.1) is 5.92 Å². The zero-order valence-electron chi connectivity index (χ0n) is 17.8. The Morgan fingerprint density at radius 3 is 2.72 bits per heavy atom. The maximum atomic E-state index is 12.8. The van der Waals surface area contributed by atoms with Crippen molar-refractivity contribution in [1.29, 1.82) is 0 Å². The second-order valence-corrected chi connectivity index (χ2v) is 8.01. The number of carbonyl (C=O) groups excluding carboxylic acids is 2. The molecule has 1 fully saturated rings. The minimum absolute atomic E-state index is 0.0364. The summed E-state index contributed by atoms with van der Waals surface area (Å²) in [4.78, 5) is 27.4. The van der Waals surface area contributed by atoms with Crippen LogP contribution in [0.4, 0.5) is 5.69 Å². The van der Waals surface area contributed by atoms with E-state index in [0.29, 0.717) is 54.5 Å². The fourth-order valence-corrected chi connectivity index (χ4v) is 4.21. The highest BCUT2D eigenvalue weighted by molar-refractivity contribution is 5.93. The maximum absolute atomic E-state index is 12.8. The number of piperidine rings is 1. The van der Waals surface area contributed by atoms with Gasteiger partial charge in [0.05, 0.1) is 19.8 Å². The molecule has 0 saturated carbocycles. The highest BCUT2D eigenvalue weighted by atomic mass is 16.7. The first kappa shape index (κ1) is 20.2. The van der Waals surface area contributed by atoms with Gasteiger partial charge in [-0.25, -0.2) is 0 Å². The number of nitrogens with zero attached hydrogens (tertiary/aromatic N) is 1. The zero-order chi connectivity index (χ0) is 22.1. The van der Waals surface area contributed by atoms with Crippen LogP contribution in [0.15, 0.2) is 47.1 Å². The molecule has 2 aliphatic heterocycles. The fourth-order valence-electron chi connectivity index (χ4n) is 4.21. The largest absolute Gasteiger partial charge is 0.497 e. The molecule has 0 bridgehead atoms. The van der Waals surface area contributed by atoms with E-state index in [4.69, 9.17) is 18.6 Å². The number of hydrogen-bond donors (Lipinski definition) is 1. The topological polar surface area (TPSA) is 90.2 Å². The number of rotatable bonds is 5. The summed E-state index contributed by atoms with van der Waals surface area (Å²) in [5.74, 6) is 1.90. The molecule has 0 spiro atoms. The number of anilines is 1. The van der Waals surface area contributed by atoms with Crippen LogP contribution in [-0.2, 0) is 16.0 Å². The number of amides is 2. The molecule has 1 aromatic heterocycles. The normalized spacial score (nSPS) is 15.7. The summed E-state index contributed by atoms with van der Waals surface area (Å²) < 4.78 is 21.5. The first-order valence-corrected chi connectivity index (χ1v) is 10.6. The van der Waals surface area contributed by atoms with Gasteiger partial charge in [0.2, 0.25) is 18.6 Å². The molecule has 8 nitrogen and oxygen atoms in total. The van der Waals surface area contributed by atoms with E-state index >= 15 is 0 Å². The minimum atomic E-state index is -0.133. The van der Waals surface area contributed by atoms with Crippen LogP contribution < -0.4 is 19.5 Å². The third-order valence-corrected chi connectivity index (χ3v) is 6.06. The molecular weight excluding hydrogens is 412 g/mol. The van der Waals surface area contributed by atoms with E-state index in [9.17, 15) is 9.59 Å². The van der Waals surface area contributed by atoms with E-state index in [0.717, 1.165) is 10.9 Å². The maximum Gasteiger partial charge on any atom is 0.231 e. The molecule has 1 saturated heterocycles. The van der Waals surface area contributed by atoms with Gasteiger partial charge in [0.1, 0.15) is 11.3 Å². The summed E-state index contributed by atoms with van der Waals surface area (Å²) in [6, 6.07) is 10.9. The lowest BCUT2D eigenvalue weighted by Gasteiger charge is -2.31. The van der Waals surface area contributed by atoms with Crippen molar-refractivity contribution in [1.82, 2.24) is 4.90 Å². The number of benzene rings is 2. The van der Waals surface area contributed by atoms with Crippen molar-refractivity contribution in [3.8, 4) is 17.2 Å². The number of nitrogens with one attached hydrogen (secondary N) is 1. The lowest BCUT2D eigenvalue weighted by Crippen LogP contribution is -2.42. The molecule has 2 aliphatic rings. The molecule has 0 unspecified atom stereocenters. The van der Waals surface area contributed by atoms with E-state index in [-0.39, 0.29) is 30.9 Å². The summed E-state index contributed by atoms with van der Waals surface area (Å²) in [5.41, 5.74) is 2.24. The van der Waals surface area contributed by atoms with Crippen molar-refractivity contribution in [3.05, 3.63) is 48.2 Å². The van der Waals surface area contributed by atoms with Crippen molar-refractivity contribution in [3.63, 3.8) is 0 Å². The van der Waals surface area contributed by atoms with Crippen LogP contribution >= 0.6 is 0 Å². The van der Waals surface area contributed by atoms with Crippen molar-refractivity contribution >= 4 is 28.5 Å². The molecule has 2 amide bonds. The first-order chi connectivity index (χ1) is 15.6. The molecule has 32 heavy (non-hydrogen) atoms. The highest BCUT2D eigenvalue weighted by Crippen LogP contribution is 2.34. The van der Waals surface area contributed by atoms with Crippen LogP contribution in [0.1, 0.15) is 18.4 Å². The second kappa shape index (κ2) is 8.45. The number of furan rings is 1. The van der Waals surface area contributed by atoms with Crippen LogP contribution in [0.3, 0.4) is 0 Å². The Morgan fingerprint density at radius 2 is 1.91 bits per heavy atom. The van der Waals surface area contributed by atoms with Crippen LogP contribution in [0.5, 0.6) is 17.2 Å². The predicted molar refractivity (Wildman–Crippen MR) is 117 cm³/mol. The SMILES string of the molecule is COc1ccc2c(CC(=O)N3CCC(C(=O)Nc4ccc5c(c4)OCO5)CC3)coc2c1. The summed E-state index contributed by atoms with van der Waals surface area (Å²) >= 11 is 0. The molecule has 166 valence electrons. The van der Waals surface area contributed by atoms with Crippen molar-refractivity contribution in [2.45, 2.75) is 19.3 Å². The first-order valence-electron chi connectivity index (χ1n) is 10.6. The number of likely N-dealkylation sites (tertiary alicyclic amines) is 1. The fraction of sp³-hybridized carbons (Fsp3) is 0.333. The summed E-state index contributed by atoms with van der Waals surface area (Å²) in [6.45, 7) is 1.31. The van der Waals surface area contributed by atoms with Crippen molar-refractivity contribution in [2.75, 3.05) is 32.3 Å². The summed E-state index contributed by atoms with van der Waals surface area (Å²) in [6.07, 6.45) is 3.16. The summed E-state index contributed by atoms with van der Waals surface area (Å²) in [5, 5.41) is 3.86. The summed E-state index contributed by atoms with van der Waals surface area (Å²) in [7, 11) is 1.60. The van der Waals surface area contributed by atoms with E-state index in [1.165, 1.54) is 0 Å². The van der Waals surface area contributed by atoms with Gasteiger partial charge in [-0.3, -0.25) is 9.59 Å². The standard InChI is InChI=1S/C24H24N2O6/c1-29-18-3-4-19-16(13-30-21(19)12-18)10-23(27)26-8-6-15(7-9-26)24(28)25-17-2-5-20-22(11-17)32-14-31-20/h2-5,11-13,15H,6-10,14H2,1H3,(H,25,28). The van der Waals surface area contributed by atoms with E-state index < -0.39 is 0 Å². The van der Waals surface area contributed by atoms with Gasteiger partial charge in [-0.15, -0.1) is 0 Å². The van der Waals surface area contributed by atoms with Gasteiger partial charge >= 0.3 is 0 Å². The van der Waals surface area contributed by atoms with Gasteiger partial charge in [0.15, 0.2) is 11.5 Å². The van der Waals surface area contributed by atoms with Gasteiger partial charge < -0.3 is 28.8 Å². The molecule has 2 aromatic carbocycles. The Balaban J connectivity index is 1.16. The Hall–Kier alpha value is -3.68. The number of methoxy groups -OCH3 is 1. The van der Waals surface area contributed by atoms with Crippen molar-refractivity contribution < 1.29 is 28.2 Å². The van der Waals surface area contributed by atoms with Gasteiger partial charge in [-0.1, -0.05) is 0 Å². The molecule has 0 atom stereocenters. The average molecular weight is 436 g/mol. The highest BCUT2D eigenvalue weighted by Gasteiger charge is 2.28. The molecular formula is C24H24N2O6. The molecule has 0 aliphatic carbocycles. The van der Waals surface area contributed by atoms with Crippen LogP contribution in [0.2, 0.25) is 0 Å². The second-order valence-electron chi connectivity index (χ2n) is 8.01. The smallest absolute Gasteiger partial charge is 0.231 e. The molecule has 1 N–H and O–H groups in total. The average Bonchev–Trinajstić information content (AvgIpc) is 3.45. The Labute approximate surface area is 185 Å². The lowest BCUT2D eigenvalue weighted by atomic mass is 9.95. The number of fused-ring (bicyclic) bond motifs is 2. The monoisotopic (exact) mass is 436 g/mol. The molecule has 3 aromatic rings. The zero-order valence-corrected chi connectivity index (χ0v) is 17.8. The van der Waals surface area contributed by atoms with Gasteiger partial charge in [-0.2, -0.15) is 0 Å². The van der Waals surface area contributed by atoms with Gasteiger partial charge in [-0.05, 0) is 37.1 Å². The van der Waals surface area contributed by atoms with Gasteiger partial charge in [0.25, 0.3) is 0 Å². The lowest BCUT2D eigenvalue weighted by molar-refractivity contribution is -0.133. The third-order valence-electron chi connectivity index (χ3n) is 6.06. The molecule has 8 heteroatoms. The van der Waals surface area contributed by atoms with E-state index in [2.05, 4.69) is 5.32 Å². The Bertz CT molecular complexity index is 1160. The van der Waals surface area contributed by atoms with Crippen molar-refractivity contribution in [2.24, 2.45) is 5.92 Å². The minimum Gasteiger partial charge on any atom is -0.497 e.